The largest absolute Gasteiger partial charge is 0.462 e. The summed E-state index contributed by atoms with van der Waals surface area (Å²) in [6.45, 7) is 3.99. The number of nitrogens with zero attached hydrogens (tertiary/aromatic N) is 2. The molecule has 0 spiro atoms. The van der Waals surface area contributed by atoms with Crippen molar-refractivity contribution in [3.05, 3.63) is 23.3 Å². The molecule has 0 unspecified atom stereocenters. The lowest BCUT2D eigenvalue weighted by atomic mass is 10.2. The van der Waals surface area contributed by atoms with Crippen LogP contribution in [0, 0.1) is 12.8 Å². The SMILES string of the molecule is CCOC(=O)c1cnc(CC2CC2)nc1C. The van der Waals surface area contributed by atoms with Crippen LogP contribution in [0.25, 0.3) is 0 Å². The highest BCUT2D eigenvalue weighted by atomic mass is 16.5. The lowest BCUT2D eigenvalue weighted by Crippen LogP contribution is -2.10. The monoisotopic (exact) mass is 220 g/mol. The van der Waals surface area contributed by atoms with Gasteiger partial charge in [-0.05, 0) is 32.6 Å². The number of hydrogen-bond donors (Lipinski definition) is 0. The van der Waals surface area contributed by atoms with Crippen molar-refractivity contribution in [2.75, 3.05) is 6.61 Å². The minimum Gasteiger partial charge on any atom is -0.462 e. The molecule has 86 valence electrons. The molecule has 0 aromatic carbocycles. The Labute approximate surface area is 95.1 Å². The summed E-state index contributed by atoms with van der Waals surface area (Å²) >= 11 is 0. The third-order valence-electron chi connectivity index (χ3n) is 2.69. The molecule has 0 radical (unpaired) electrons. The molecule has 0 N–H and O–H groups in total. The van der Waals surface area contributed by atoms with Gasteiger partial charge in [0.2, 0.25) is 0 Å². The summed E-state index contributed by atoms with van der Waals surface area (Å²) in [7, 11) is 0. The molecule has 1 aliphatic carbocycles. The normalized spacial score (nSPS) is 14.9. The predicted molar refractivity (Wildman–Crippen MR) is 59.2 cm³/mol. The van der Waals surface area contributed by atoms with E-state index >= 15 is 0 Å². The van der Waals surface area contributed by atoms with Crippen molar-refractivity contribution < 1.29 is 9.53 Å². The maximum absolute atomic E-state index is 11.5. The highest BCUT2D eigenvalue weighted by molar-refractivity contribution is 5.90. The van der Waals surface area contributed by atoms with E-state index in [0.29, 0.717) is 17.9 Å². The Kier molecular flexibility index (Phi) is 3.17. The first-order valence-corrected chi connectivity index (χ1v) is 5.70. The minimum absolute atomic E-state index is 0.335. The summed E-state index contributed by atoms with van der Waals surface area (Å²) in [5, 5.41) is 0. The smallest absolute Gasteiger partial charge is 0.341 e. The van der Waals surface area contributed by atoms with Crippen LogP contribution in [0.3, 0.4) is 0 Å². The fraction of sp³-hybridized carbons (Fsp3) is 0.583. The number of hydrogen-bond acceptors (Lipinski definition) is 4. The van der Waals surface area contributed by atoms with Crippen molar-refractivity contribution in [2.45, 2.75) is 33.1 Å². The van der Waals surface area contributed by atoms with Crippen LogP contribution in [0.15, 0.2) is 6.20 Å². The van der Waals surface area contributed by atoms with Crippen molar-refractivity contribution >= 4 is 5.97 Å². The number of aromatic nitrogens is 2. The summed E-state index contributed by atoms with van der Waals surface area (Å²) in [5.74, 6) is 1.26. The molecule has 0 bridgehead atoms. The summed E-state index contributed by atoms with van der Waals surface area (Å²) in [6, 6.07) is 0. The summed E-state index contributed by atoms with van der Waals surface area (Å²) in [5.41, 5.74) is 1.19. The zero-order valence-electron chi connectivity index (χ0n) is 9.69. The quantitative estimate of drug-likeness (QED) is 0.727. The molecular formula is C12H16N2O2. The van der Waals surface area contributed by atoms with E-state index in [9.17, 15) is 4.79 Å². The number of esters is 1. The van der Waals surface area contributed by atoms with Crippen molar-refractivity contribution in [1.29, 1.82) is 0 Å². The average Bonchev–Trinajstić information content (AvgIpc) is 3.02. The Balaban J connectivity index is 2.11. The fourth-order valence-electron chi connectivity index (χ4n) is 1.60. The molecule has 1 aromatic heterocycles. The molecule has 0 aliphatic heterocycles. The number of carbonyl (C=O) groups is 1. The fourth-order valence-corrected chi connectivity index (χ4v) is 1.60. The third-order valence-corrected chi connectivity index (χ3v) is 2.69. The molecular weight excluding hydrogens is 204 g/mol. The van der Waals surface area contributed by atoms with Crippen molar-refractivity contribution in [3.63, 3.8) is 0 Å². The Morgan fingerprint density at radius 3 is 2.88 bits per heavy atom. The van der Waals surface area contributed by atoms with E-state index in [-0.39, 0.29) is 5.97 Å². The van der Waals surface area contributed by atoms with Crippen LogP contribution in [-0.4, -0.2) is 22.5 Å². The van der Waals surface area contributed by atoms with Gasteiger partial charge < -0.3 is 4.74 Å². The highest BCUT2D eigenvalue weighted by Gasteiger charge is 2.23. The van der Waals surface area contributed by atoms with Gasteiger partial charge in [-0.15, -0.1) is 0 Å². The van der Waals surface area contributed by atoms with E-state index < -0.39 is 0 Å². The maximum Gasteiger partial charge on any atom is 0.341 e. The zero-order valence-corrected chi connectivity index (χ0v) is 9.69. The average molecular weight is 220 g/mol. The van der Waals surface area contributed by atoms with Gasteiger partial charge in [-0.3, -0.25) is 0 Å². The van der Waals surface area contributed by atoms with E-state index in [1.165, 1.54) is 12.8 Å². The second kappa shape index (κ2) is 4.60. The van der Waals surface area contributed by atoms with Crippen LogP contribution in [0.1, 0.15) is 41.6 Å². The zero-order chi connectivity index (χ0) is 11.5. The molecule has 0 amide bonds. The van der Waals surface area contributed by atoms with E-state index in [2.05, 4.69) is 9.97 Å². The van der Waals surface area contributed by atoms with Crippen molar-refractivity contribution in [3.8, 4) is 0 Å². The molecule has 1 fully saturated rings. The molecule has 4 heteroatoms. The predicted octanol–water partition coefficient (Wildman–Crippen LogP) is 1.91. The summed E-state index contributed by atoms with van der Waals surface area (Å²) in [6.07, 6.45) is 5.08. The first kappa shape index (κ1) is 11.0. The van der Waals surface area contributed by atoms with Gasteiger partial charge >= 0.3 is 5.97 Å². The standard InChI is InChI=1S/C12H16N2O2/c1-3-16-12(15)10-7-13-11(14-8(10)2)6-9-4-5-9/h7,9H,3-6H2,1-2H3. The highest BCUT2D eigenvalue weighted by Crippen LogP contribution is 2.31. The van der Waals surface area contributed by atoms with Crippen LogP contribution in [0.4, 0.5) is 0 Å². The number of carbonyl (C=O) groups excluding carboxylic acids is 1. The third kappa shape index (κ3) is 2.56. The first-order chi connectivity index (χ1) is 7.70. The van der Waals surface area contributed by atoms with Gasteiger partial charge in [0.25, 0.3) is 0 Å². The first-order valence-electron chi connectivity index (χ1n) is 5.70. The molecule has 1 saturated carbocycles. The van der Waals surface area contributed by atoms with Crippen LogP contribution in [-0.2, 0) is 11.2 Å². The summed E-state index contributed by atoms with van der Waals surface area (Å²) in [4.78, 5) is 20.1. The Morgan fingerprint density at radius 2 is 2.31 bits per heavy atom. The van der Waals surface area contributed by atoms with Gasteiger partial charge in [0.15, 0.2) is 0 Å². The van der Waals surface area contributed by atoms with Gasteiger partial charge in [0.05, 0.1) is 17.9 Å². The molecule has 1 aromatic rings. The van der Waals surface area contributed by atoms with Gasteiger partial charge in [-0.25, -0.2) is 14.8 Å². The van der Waals surface area contributed by atoms with Crippen LogP contribution in [0.5, 0.6) is 0 Å². The van der Waals surface area contributed by atoms with Crippen LogP contribution in [0.2, 0.25) is 0 Å². The number of rotatable bonds is 4. The van der Waals surface area contributed by atoms with Gasteiger partial charge in [0, 0.05) is 12.6 Å². The van der Waals surface area contributed by atoms with Gasteiger partial charge in [-0.1, -0.05) is 0 Å². The van der Waals surface area contributed by atoms with E-state index in [0.717, 1.165) is 18.2 Å². The van der Waals surface area contributed by atoms with Crippen molar-refractivity contribution in [1.82, 2.24) is 9.97 Å². The Morgan fingerprint density at radius 1 is 1.56 bits per heavy atom. The molecule has 2 rings (SSSR count). The molecule has 0 atom stereocenters. The second-order valence-corrected chi connectivity index (χ2v) is 4.15. The molecule has 4 nitrogen and oxygen atoms in total. The van der Waals surface area contributed by atoms with Crippen LogP contribution >= 0.6 is 0 Å². The number of aryl methyl sites for hydroxylation is 1. The lowest BCUT2D eigenvalue weighted by Gasteiger charge is -2.05. The van der Waals surface area contributed by atoms with E-state index in [1.807, 2.05) is 6.92 Å². The van der Waals surface area contributed by atoms with E-state index in [4.69, 9.17) is 4.74 Å². The van der Waals surface area contributed by atoms with Gasteiger partial charge in [-0.2, -0.15) is 0 Å². The molecule has 1 heterocycles. The Bertz CT molecular complexity index is 400. The minimum atomic E-state index is -0.335. The molecule has 0 saturated heterocycles. The van der Waals surface area contributed by atoms with Crippen molar-refractivity contribution in [2.24, 2.45) is 5.92 Å². The topological polar surface area (TPSA) is 52.1 Å². The number of ether oxygens (including phenoxy) is 1. The van der Waals surface area contributed by atoms with Gasteiger partial charge in [0.1, 0.15) is 5.82 Å². The molecule has 16 heavy (non-hydrogen) atoms. The lowest BCUT2D eigenvalue weighted by molar-refractivity contribution is 0.0524. The maximum atomic E-state index is 11.5. The molecule has 1 aliphatic rings. The summed E-state index contributed by atoms with van der Waals surface area (Å²) < 4.78 is 4.92. The van der Waals surface area contributed by atoms with Crippen LogP contribution < -0.4 is 0 Å². The Hall–Kier alpha value is -1.45. The van der Waals surface area contributed by atoms with E-state index in [1.54, 1.807) is 13.1 Å². The second-order valence-electron chi connectivity index (χ2n) is 4.15.